The SMILES string of the molecule is C=CCOC/C=C/[C@H]1CC(=C)[C@H](CC[C@H]2C[C@@H](C)C(=C)[C@@H](C[C@@H]3O[C@H](C[C@@H](CO[Si](C)(C)C(C)(C)C)O[Si](C)(C)C(C)(C)C)[C@H](OC)[C@H]3CC(=O)C[C@H]3CC[C@@H]4O[C@@H]5[C@@H](O[C@H](CC(C=C)O[Si](CC)(CC)CC)[C@@H]5O[Si](c5ccccc5)(c5ccccc5)C(C)(C)C)[C@@H](O[Si](c5ccccc5)(c5ccccc5)C(C)(C)C)[C@H]4O3)O2)O1. The van der Waals surface area contributed by atoms with Crippen molar-refractivity contribution in [2.24, 2.45) is 11.8 Å². The van der Waals surface area contributed by atoms with Crippen molar-refractivity contribution >= 4 is 68.1 Å². The average molecular weight is 1670 g/mol. The van der Waals surface area contributed by atoms with Crippen LogP contribution in [-0.2, 0) is 64.8 Å². The van der Waals surface area contributed by atoms with Gasteiger partial charge in [0.2, 0.25) is 0 Å². The van der Waals surface area contributed by atoms with E-state index < -0.39 is 114 Å². The molecule has 19 heteroatoms. The Kier molecular flexibility index (Phi) is 31.8. The van der Waals surface area contributed by atoms with Gasteiger partial charge in [0.05, 0.1) is 93.1 Å². The van der Waals surface area contributed by atoms with Crippen LogP contribution in [0.4, 0.5) is 0 Å². The monoisotopic (exact) mass is 1660 g/mol. The van der Waals surface area contributed by atoms with Gasteiger partial charge in [0.1, 0.15) is 36.3 Å². The van der Waals surface area contributed by atoms with Gasteiger partial charge in [-0.05, 0) is 134 Å². The van der Waals surface area contributed by atoms with E-state index >= 15 is 4.79 Å². The van der Waals surface area contributed by atoms with Gasteiger partial charge in [-0.25, -0.2) is 0 Å². The molecule has 636 valence electrons. The minimum absolute atomic E-state index is 0.0122. The summed E-state index contributed by atoms with van der Waals surface area (Å²) in [6, 6.07) is 46.6. The summed E-state index contributed by atoms with van der Waals surface area (Å²) in [5.74, 6) is -0.0645. The van der Waals surface area contributed by atoms with Crippen LogP contribution in [0.3, 0.4) is 0 Å². The van der Waals surface area contributed by atoms with Crippen LogP contribution in [0, 0.1) is 11.8 Å². The lowest BCUT2D eigenvalue weighted by Crippen LogP contribution is -2.73. The molecule has 0 aliphatic carbocycles. The molecule has 6 heterocycles. The van der Waals surface area contributed by atoms with Crippen molar-refractivity contribution in [2.45, 2.75) is 350 Å². The molecule has 0 N–H and O–H groups in total. The summed E-state index contributed by atoms with van der Waals surface area (Å²) in [6.45, 7) is 65.1. The van der Waals surface area contributed by atoms with Crippen LogP contribution in [0.25, 0.3) is 0 Å². The minimum Gasteiger partial charge on any atom is -0.414 e. The number of carbonyl (C=O) groups is 1. The molecule has 10 rings (SSSR count). The third kappa shape index (κ3) is 21.5. The highest BCUT2D eigenvalue weighted by atomic mass is 28.4. The van der Waals surface area contributed by atoms with E-state index in [0.717, 1.165) is 65.3 Å². The Hall–Kier alpha value is -4.19. The van der Waals surface area contributed by atoms with Crippen molar-refractivity contribution in [2.75, 3.05) is 26.9 Å². The highest BCUT2D eigenvalue weighted by Crippen LogP contribution is 2.51. The topological polar surface area (TPSA) is 137 Å². The second kappa shape index (κ2) is 39.3. The van der Waals surface area contributed by atoms with Crippen LogP contribution in [0.2, 0.25) is 64.5 Å². The summed E-state index contributed by atoms with van der Waals surface area (Å²) in [5.41, 5.74) is 2.15. The van der Waals surface area contributed by atoms with E-state index in [9.17, 15) is 0 Å². The molecule has 1 unspecified atom stereocenters. The fourth-order valence-corrected chi connectivity index (χ4v) is 33.4. The Balaban J connectivity index is 1.01. The maximum Gasteiger partial charge on any atom is 0.261 e. The molecule has 0 spiro atoms. The van der Waals surface area contributed by atoms with E-state index in [1.54, 1.807) is 13.2 Å². The summed E-state index contributed by atoms with van der Waals surface area (Å²) in [4.78, 5) is 16.0. The molecule has 0 radical (unpaired) electrons. The molecule has 0 amide bonds. The Bertz CT molecular complexity index is 3700. The fraction of sp³-hybridized carbons (Fsp3) is 0.635. The van der Waals surface area contributed by atoms with Crippen molar-refractivity contribution in [3.63, 3.8) is 0 Å². The normalized spacial score (nSPS) is 28.7. The van der Waals surface area contributed by atoms with Crippen LogP contribution in [-0.4, -0.2) is 178 Å². The number of ether oxygens (including phenoxy) is 8. The van der Waals surface area contributed by atoms with Gasteiger partial charge in [-0.1, -0.05) is 270 Å². The number of rotatable bonds is 38. The molecule has 6 aliphatic heterocycles. The Morgan fingerprint density at radius 2 is 1.09 bits per heavy atom. The number of fused-ring (bicyclic) bond motifs is 2. The first-order valence-corrected chi connectivity index (χ1v) is 55.9. The van der Waals surface area contributed by atoms with Gasteiger partial charge in [0.25, 0.3) is 16.6 Å². The molecule has 0 bridgehead atoms. The number of benzene rings is 4. The van der Waals surface area contributed by atoms with E-state index in [0.29, 0.717) is 51.9 Å². The Morgan fingerprint density at radius 3 is 1.59 bits per heavy atom. The summed E-state index contributed by atoms with van der Waals surface area (Å²) < 4.78 is 96.5. The molecule has 4 aromatic rings. The van der Waals surface area contributed by atoms with Crippen molar-refractivity contribution in [3.05, 3.63) is 183 Å². The molecular formula is C96H148O14Si5. The summed E-state index contributed by atoms with van der Waals surface area (Å²) in [7, 11) is -11.8. The summed E-state index contributed by atoms with van der Waals surface area (Å²) >= 11 is 0. The Morgan fingerprint density at radius 1 is 0.557 bits per heavy atom. The largest absolute Gasteiger partial charge is 0.414 e. The first-order valence-electron chi connectivity index (χ1n) is 43.7. The third-order valence-corrected chi connectivity index (χ3v) is 51.4. The molecular weight excluding hydrogens is 1520 g/mol. The quantitative estimate of drug-likeness (QED) is 0.0239. The van der Waals surface area contributed by atoms with E-state index in [2.05, 4.69) is 284 Å². The highest BCUT2D eigenvalue weighted by molar-refractivity contribution is 7.00. The van der Waals surface area contributed by atoms with Gasteiger partial charge < -0.3 is 60.0 Å². The maximum absolute atomic E-state index is 16.0. The molecule has 115 heavy (non-hydrogen) atoms. The van der Waals surface area contributed by atoms with Crippen LogP contribution in [0.15, 0.2) is 183 Å². The molecule has 0 aromatic heterocycles. The van der Waals surface area contributed by atoms with Crippen LogP contribution < -0.4 is 20.7 Å². The van der Waals surface area contributed by atoms with E-state index in [1.165, 1.54) is 10.4 Å². The zero-order chi connectivity index (χ0) is 83.7. The van der Waals surface area contributed by atoms with Crippen molar-refractivity contribution < 1.29 is 64.8 Å². The average Bonchev–Trinajstić information content (AvgIpc) is 1.66. The fourth-order valence-electron chi connectivity index (χ4n) is 18.8. The molecule has 0 saturated carbocycles. The van der Waals surface area contributed by atoms with Gasteiger partial charge in [0, 0.05) is 51.6 Å². The molecule has 19 atom stereocenters. The first-order chi connectivity index (χ1) is 54.3. The van der Waals surface area contributed by atoms with Crippen LogP contribution in [0.1, 0.15) is 181 Å². The number of hydrogen-bond donors (Lipinski definition) is 0. The predicted molar refractivity (Wildman–Crippen MR) is 482 cm³/mol. The van der Waals surface area contributed by atoms with Gasteiger partial charge in [-0.3, -0.25) is 4.79 Å². The maximum atomic E-state index is 16.0. The first kappa shape index (κ1) is 93.1. The molecule has 4 aromatic carbocycles. The van der Waals surface area contributed by atoms with Crippen LogP contribution >= 0.6 is 0 Å². The summed E-state index contributed by atoms with van der Waals surface area (Å²) in [6.07, 6.45) is 7.19. The number of carbonyl (C=O) groups excluding carboxylic acids is 1. The smallest absolute Gasteiger partial charge is 0.261 e. The van der Waals surface area contributed by atoms with Gasteiger partial charge in [0.15, 0.2) is 25.0 Å². The minimum atomic E-state index is -3.43. The predicted octanol–water partition coefficient (Wildman–Crippen LogP) is 19.5. The number of hydrogen-bond acceptors (Lipinski definition) is 14. The second-order valence-electron chi connectivity index (χ2n) is 39.3. The molecule has 14 nitrogen and oxygen atoms in total. The van der Waals surface area contributed by atoms with Crippen molar-refractivity contribution in [1.29, 1.82) is 0 Å². The van der Waals surface area contributed by atoms with Crippen molar-refractivity contribution in [1.82, 2.24) is 0 Å². The number of methoxy groups -OCH3 is 1. The number of ketones is 1. The molecule has 6 saturated heterocycles. The van der Waals surface area contributed by atoms with E-state index in [-0.39, 0.29) is 82.2 Å². The zero-order valence-electron chi connectivity index (χ0n) is 74.4. The molecule has 6 fully saturated rings. The Labute approximate surface area is 700 Å². The lowest BCUT2D eigenvalue weighted by Gasteiger charge is -2.53. The van der Waals surface area contributed by atoms with E-state index in [1.807, 2.05) is 12.2 Å². The zero-order valence-corrected chi connectivity index (χ0v) is 79.4. The van der Waals surface area contributed by atoms with Crippen molar-refractivity contribution in [3.8, 4) is 0 Å². The highest BCUT2D eigenvalue weighted by Gasteiger charge is 2.65. The van der Waals surface area contributed by atoms with E-state index in [4.69, 9.17) is 66.6 Å². The van der Waals surface area contributed by atoms with Gasteiger partial charge in [-0.2, -0.15) is 0 Å². The lowest BCUT2D eigenvalue weighted by molar-refractivity contribution is -0.254. The molecule has 6 aliphatic rings. The second-order valence-corrected chi connectivity index (χ2v) is 62.1. The standard InChI is InChI=1S/C96H148O14Si5/c1-26-57-99-58-43-44-72-60-68(7)81(101-72)55-53-73-59-67(6)69(8)83(102-73)65-84-80(87(98-21)85(104-84)64-75(107-112(24,25)94(12,13)14)66-100-111(22,23)93(9,10)11)62-70(97)61-74-54-56-82-88(103-74)92(110-115(96(18,19)20,78-49-39-33-40-50-78)79-51-41-34-42-52-79)91-90(105-82)89(86(106-91)63-71(27-2)108-113(28-3,29-4)30-5)109-114(95(15,16)17,76-45-35-31-36-46-76)77-47-37-32-38-48-77/h26-27,31-52,67,71-75,80-92H,1-2,7-8,28-30,53-66H2,3-6,9-25H3/b44-43+/t67-,71?,72+,73+,74-,75+,80+,81+,82+,83-,84+,85-,86-,87-,88+,89+,90+,91-,92+/m1/s1. The number of Topliss-reactive ketones (excluding diaryl/α,β-unsaturated/α-hetero) is 1. The van der Waals surface area contributed by atoms with Gasteiger partial charge in [-0.15, -0.1) is 13.2 Å². The van der Waals surface area contributed by atoms with Crippen LogP contribution in [0.5, 0.6) is 0 Å². The summed E-state index contributed by atoms with van der Waals surface area (Å²) in [5, 5.41) is 3.76. The third-order valence-electron chi connectivity index (χ3n) is 27.6. The lowest BCUT2D eigenvalue weighted by atomic mass is 9.81. The van der Waals surface area contributed by atoms with Gasteiger partial charge >= 0.3 is 0 Å².